The molecular weight excluding hydrogens is 500 g/mol. The number of halogens is 1. The molecule has 0 fully saturated rings. The molecule has 32 heavy (non-hydrogen) atoms. The molecule has 2 heterocycles. The smallest absolute Gasteiger partial charge is 0.199 e. The van der Waals surface area contributed by atoms with Gasteiger partial charge in [0.2, 0.25) is 0 Å². The van der Waals surface area contributed by atoms with Crippen LogP contribution < -0.4 is 15.2 Å². The largest absolute Gasteiger partial charge is 0.544 e. The van der Waals surface area contributed by atoms with Gasteiger partial charge in [0.25, 0.3) is 0 Å². The van der Waals surface area contributed by atoms with Crippen molar-refractivity contribution in [1.29, 1.82) is 0 Å². The molecule has 2 aliphatic rings. The third-order valence-corrected chi connectivity index (χ3v) is 12.1. The standard InChI is InChI=1S/C25H27BrN2O2SSi/c1-14-21(23(25(29)30)31-24(14)26)22-17-10-8-15(27(2)3)12-19(17)32(6,7)20-13-16(28(4)5)9-11-18(20)22/h8-13H,1-7H3. The van der Waals surface area contributed by atoms with Gasteiger partial charge < -0.3 is 14.8 Å². The average molecular weight is 528 g/mol. The number of carbonyl (C=O) groups is 1. The van der Waals surface area contributed by atoms with Gasteiger partial charge in [0.1, 0.15) is 22.2 Å². The van der Waals surface area contributed by atoms with Gasteiger partial charge in [-0.15, -0.1) is 11.3 Å². The normalized spacial score (nSPS) is 16.5. The summed E-state index contributed by atoms with van der Waals surface area (Å²) in [6.07, 6.45) is 6.59. The summed E-state index contributed by atoms with van der Waals surface area (Å²) in [4.78, 5) is 14.5. The average Bonchev–Trinajstić information content (AvgIpc) is 3.02. The maximum atomic E-state index is 12.1. The molecule has 1 aromatic carbocycles. The highest BCUT2D eigenvalue weighted by Gasteiger charge is 2.41. The molecule has 1 aromatic heterocycles. The van der Waals surface area contributed by atoms with E-state index >= 15 is 0 Å². The van der Waals surface area contributed by atoms with Crippen molar-refractivity contribution in [1.82, 2.24) is 0 Å². The first-order valence-electron chi connectivity index (χ1n) is 10.5. The fourth-order valence-corrected chi connectivity index (χ4v) is 9.21. The molecule has 2 aromatic rings. The van der Waals surface area contributed by atoms with Gasteiger partial charge in [-0.2, -0.15) is 0 Å². The van der Waals surface area contributed by atoms with Crippen LogP contribution in [0.1, 0.15) is 26.4 Å². The topological polar surface area (TPSA) is 46.4 Å². The second-order valence-electron chi connectivity index (χ2n) is 9.24. The molecule has 166 valence electrons. The summed E-state index contributed by atoms with van der Waals surface area (Å²) in [5.74, 6) is -1.13. The number of fused-ring (bicyclic) bond motifs is 2. The molecule has 0 spiro atoms. The number of benzene rings is 1. The van der Waals surface area contributed by atoms with E-state index in [1.54, 1.807) is 0 Å². The number of carboxylic acids is 1. The Morgan fingerprint density at radius 2 is 1.88 bits per heavy atom. The Labute approximate surface area is 203 Å². The van der Waals surface area contributed by atoms with Crippen LogP contribution in [0.2, 0.25) is 13.1 Å². The maximum absolute atomic E-state index is 12.1. The Morgan fingerprint density at radius 1 is 1.19 bits per heavy atom. The molecule has 0 saturated carbocycles. The first-order valence-corrected chi connectivity index (χ1v) is 15.1. The van der Waals surface area contributed by atoms with Gasteiger partial charge in [0.05, 0.1) is 14.6 Å². The Kier molecular flexibility index (Phi) is 5.72. The molecule has 0 atom stereocenters. The van der Waals surface area contributed by atoms with Gasteiger partial charge in [-0.3, -0.25) is 0 Å². The quantitative estimate of drug-likeness (QED) is 0.452. The summed E-state index contributed by atoms with van der Waals surface area (Å²) in [5.41, 5.74) is 7.27. The lowest BCUT2D eigenvalue weighted by atomic mass is 9.88. The van der Waals surface area contributed by atoms with Crippen molar-refractivity contribution in [3.8, 4) is 0 Å². The highest BCUT2D eigenvalue weighted by atomic mass is 79.9. The molecule has 0 saturated heterocycles. The van der Waals surface area contributed by atoms with E-state index in [2.05, 4.69) is 103 Å². The number of aromatic carboxylic acids is 1. The predicted octanol–water partition coefficient (Wildman–Crippen LogP) is 3.73. The van der Waals surface area contributed by atoms with Crippen molar-refractivity contribution in [2.75, 3.05) is 33.1 Å². The van der Waals surface area contributed by atoms with Gasteiger partial charge in [-0.1, -0.05) is 19.2 Å². The summed E-state index contributed by atoms with van der Waals surface area (Å²) >= 11 is 4.81. The van der Waals surface area contributed by atoms with Crippen LogP contribution in [-0.4, -0.2) is 52.5 Å². The summed E-state index contributed by atoms with van der Waals surface area (Å²) < 4.78 is 2.95. The van der Waals surface area contributed by atoms with Crippen molar-refractivity contribution in [2.45, 2.75) is 20.0 Å². The highest BCUT2D eigenvalue weighted by Crippen LogP contribution is 2.46. The van der Waals surface area contributed by atoms with Gasteiger partial charge in [-0.25, -0.2) is 4.58 Å². The van der Waals surface area contributed by atoms with Gasteiger partial charge >= 0.3 is 0 Å². The SMILES string of the molecule is Cc1c(Br)sc(C(=O)[O-])c1C1=C2C=CC(=[N+](C)C)C=C2[Si](C)(C)c2cc(N(C)C)ccc21. The summed E-state index contributed by atoms with van der Waals surface area (Å²) in [5, 5.41) is 14.8. The molecule has 0 amide bonds. The number of carboxylic acid groups (broad SMARTS) is 1. The molecule has 0 bridgehead atoms. The molecule has 0 unspecified atom stereocenters. The van der Waals surface area contributed by atoms with Crippen molar-refractivity contribution < 1.29 is 14.5 Å². The predicted molar refractivity (Wildman–Crippen MR) is 139 cm³/mol. The monoisotopic (exact) mass is 526 g/mol. The molecule has 4 rings (SSSR count). The second-order valence-corrected chi connectivity index (χ2v) is 15.9. The Morgan fingerprint density at radius 3 is 2.47 bits per heavy atom. The van der Waals surface area contributed by atoms with E-state index in [0.717, 1.165) is 43.0 Å². The van der Waals surface area contributed by atoms with Crippen LogP contribution in [0.15, 0.2) is 51.0 Å². The Bertz CT molecular complexity index is 1290. The zero-order valence-corrected chi connectivity index (χ0v) is 22.9. The number of thiophene rings is 1. The molecule has 1 aliphatic carbocycles. The number of carbonyl (C=O) groups excluding carboxylic acids is 1. The lowest BCUT2D eigenvalue weighted by Gasteiger charge is -2.38. The van der Waals surface area contributed by atoms with E-state index in [1.807, 2.05) is 6.92 Å². The number of nitrogens with zero attached hydrogens (tertiary/aromatic N) is 2. The van der Waals surface area contributed by atoms with Gasteiger partial charge in [0.15, 0.2) is 5.71 Å². The number of anilines is 1. The highest BCUT2D eigenvalue weighted by molar-refractivity contribution is 9.11. The van der Waals surface area contributed by atoms with E-state index in [0.29, 0.717) is 0 Å². The summed E-state index contributed by atoms with van der Waals surface area (Å²) in [6, 6.07) is 6.59. The molecule has 4 nitrogen and oxygen atoms in total. The third-order valence-electron chi connectivity index (χ3n) is 6.45. The molecule has 0 N–H and O–H groups in total. The van der Waals surface area contributed by atoms with E-state index in [4.69, 9.17) is 0 Å². The first kappa shape index (κ1) is 23.0. The second kappa shape index (κ2) is 7.97. The minimum Gasteiger partial charge on any atom is -0.544 e. The van der Waals surface area contributed by atoms with Crippen LogP contribution in [0.5, 0.6) is 0 Å². The van der Waals surface area contributed by atoms with Gasteiger partial charge in [-0.05, 0) is 73.7 Å². The van der Waals surface area contributed by atoms with Crippen molar-refractivity contribution >= 4 is 63.5 Å². The lowest BCUT2D eigenvalue weighted by molar-refractivity contribution is -0.462. The van der Waals surface area contributed by atoms with E-state index in [9.17, 15) is 9.90 Å². The van der Waals surface area contributed by atoms with E-state index < -0.39 is 14.0 Å². The third kappa shape index (κ3) is 3.47. The Balaban J connectivity index is 2.17. The molecular formula is C25H27BrN2O2SSi. The molecule has 7 heteroatoms. The first-order chi connectivity index (χ1) is 14.9. The molecule has 1 aliphatic heterocycles. The van der Waals surface area contributed by atoms with Crippen LogP contribution in [0, 0.1) is 6.92 Å². The van der Waals surface area contributed by atoms with Crippen molar-refractivity contribution in [2.24, 2.45) is 0 Å². The zero-order chi connectivity index (χ0) is 23.5. The van der Waals surface area contributed by atoms with Crippen LogP contribution in [-0.2, 0) is 0 Å². The molecule has 0 radical (unpaired) electrons. The summed E-state index contributed by atoms with van der Waals surface area (Å²) in [7, 11) is 6.15. The van der Waals surface area contributed by atoms with E-state index in [-0.39, 0.29) is 4.88 Å². The van der Waals surface area contributed by atoms with Crippen LogP contribution in [0.25, 0.3) is 5.57 Å². The van der Waals surface area contributed by atoms with Crippen LogP contribution >= 0.6 is 27.3 Å². The number of allylic oxidation sites excluding steroid dienone is 5. The van der Waals surface area contributed by atoms with Crippen molar-refractivity contribution in [3.05, 3.63) is 72.6 Å². The van der Waals surface area contributed by atoms with Gasteiger partial charge in [0, 0.05) is 37.5 Å². The fourth-order valence-electron chi connectivity index (χ4n) is 4.58. The fraction of sp³-hybridized carbons (Fsp3) is 0.280. The van der Waals surface area contributed by atoms with Crippen molar-refractivity contribution in [3.63, 3.8) is 0 Å². The number of hydrogen-bond acceptors (Lipinski definition) is 4. The van der Waals surface area contributed by atoms with E-state index in [1.165, 1.54) is 21.7 Å². The van der Waals surface area contributed by atoms with Crippen LogP contribution in [0.4, 0.5) is 5.69 Å². The van der Waals surface area contributed by atoms with Crippen LogP contribution in [0.3, 0.4) is 0 Å². The Hall–Kier alpha value is -2.22. The lowest BCUT2D eigenvalue weighted by Crippen LogP contribution is -2.50. The number of rotatable bonds is 3. The number of hydrogen-bond donors (Lipinski definition) is 0. The minimum atomic E-state index is -2.06. The maximum Gasteiger partial charge on any atom is 0.199 e. The zero-order valence-electron chi connectivity index (χ0n) is 19.5. The summed E-state index contributed by atoms with van der Waals surface area (Å²) in [6.45, 7) is 6.75. The minimum absolute atomic E-state index is 0.274.